The Morgan fingerprint density at radius 3 is 2.75 bits per heavy atom. The van der Waals surface area contributed by atoms with Crippen molar-refractivity contribution in [3.8, 4) is 0 Å². The molecule has 0 saturated heterocycles. The highest BCUT2D eigenvalue weighted by atomic mass is 16.1. The molecule has 1 aliphatic heterocycles. The Balaban J connectivity index is 2.22. The molecule has 0 radical (unpaired) electrons. The molecule has 1 aliphatic rings. The Morgan fingerprint density at radius 1 is 1.40 bits per heavy atom. The van der Waals surface area contributed by atoms with Crippen molar-refractivity contribution < 1.29 is 4.79 Å². The highest BCUT2D eigenvalue weighted by molar-refractivity contribution is 5.94. The number of carbonyl (C=O) groups is 1. The number of aromatic amines is 1. The fourth-order valence-corrected chi connectivity index (χ4v) is 2.74. The van der Waals surface area contributed by atoms with E-state index in [1.807, 2.05) is 7.05 Å². The largest absolute Gasteiger partial charge is 0.348 e. The van der Waals surface area contributed by atoms with Gasteiger partial charge in [-0.15, -0.1) is 0 Å². The molecule has 0 fully saturated rings. The second-order valence-electron chi connectivity index (χ2n) is 6.26. The fraction of sp³-hybridized carbons (Fsp3) is 0.500. The van der Waals surface area contributed by atoms with Crippen molar-refractivity contribution in [2.45, 2.75) is 38.5 Å². The van der Waals surface area contributed by atoms with Gasteiger partial charge in [-0.25, -0.2) is 4.98 Å². The zero-order chi connectivity index (χ0) is 14.5. The monoisotopic (exact) mass is 273 g/mol. The maximum atomic E-state index is 11.9. The fourth-order valence-electron chi connectivity index (χ4n) is 2.74. The first kappa shape index (κ1) is 12.9. The van der Waals surface area contributed by atoms with Crippen LogP contribution in [0.1, 0.15) is 50.2 Å². The van der Waals surface area contributed by atoms with E-state index >= 15 is 0 Å². The smallest absolute Gasteiger partial charge is 0.226 e. The Hall–Kier alpha value is -2.11. The molecule has 2 aromatic heterocycles. The van der Waals surface area contributed by atoms with Gasteiger partial charge in [0.15, 0.2) is 0 Å². The van der Waals surface area contributed by atoms with Crippen LogP contribution in [0.15, 0.2) is 12.4 Å². The lowest BCUT2D eigenvalue weighted by molar-refractivity contribution is -0.116. The Bertz CT molecular complexity index is 648. The van der Waals surface area contributed by atoms with Crippen LogP contribution in [0.2, 0.25) is 0 Å². The normalized spacial score (nSPS) is 18.8. The first-order chi connectivity index (χ1) is 9.38. The minimum absolute atomic E-state index is 0.00218. The van der Waals surface area contributed by atoms with Crippen LogP contribution in [0.5, 0.6) is 0 Å². The highest BCUT2D eigenvalue weighted by Crippen LogP contribution is 2.41. The Kier molecular flexibility index (Phi) is 2.70. The summed E-state index contributed by atoms with van der Waals surface area (Å²) in [5, 5.41) is 7.55. The van der Waals surface area contributed by atoms with Gasteiger partial charge in [0.25, 0.3) is 0 Å². The summed E-state index contributed by atoms with van der Waals surface area (Å²) in [5.74, 6) is 1.55. The van der Waals surface area contributed by atoms with Crippen LogP contribution in [0.25, 0.3) is 0 Å². The van der Waals surface area contributed by atoms with Gasteiger partial charge in [-0.05, 0) is 0 Å². The Morgan fingerprint density at radius 2 is 2.15 bits per heavy atom. The van der Waals surface area contributed by atoms with Gasteiger partial charge in [-0.1, -0.05) is 20.8 Å². The zero-order valence-electron chi connectivity index (χ0n) is 12.2. The number of aromatic nitrogens is 4. The van der Waals surface area contributed by atoms with Crippen LogP contribution in [0.4, 0.5) is 5.82 Å². The van der Waals surface area contributed by atoms with Gasteiger partial charge in [0.2, 0.25) is 5.91 Å². The molecule has 0 saturated carbocycles. The van der Waals surface area contributed by atoms with E-state index in [9.17, 15) is 4.79 Å². The molecule has 0 bridgehead atoms. The molecule has 3 rings (SSSR count). The number of hydrogen-bond donors (Lipinski definition) is 2. The maximum Gasteiger partial charge on any atom is 0.226 e. The summed E-state index contributed by atoms with van der Waals surface area (Å²) >= 11 is 0. The molecule has 2 aromatic rings. The summed E-state index contributed by atoms with van der Waals surface area (Å²) in [6.45, 7) is 6.39. The predicted molar refractivity (Wildman–Crippen MR) is 75.6 cm³/mol. The molecule has 1 atom stereocenters. The lowest BCUT2D eigenvalue weighted by atomic mass is 9.82. The minimum atomic E-state index is -0.0851. The van der Waals surface area contributed by atoms with E-state index in [0.717, 1.165) is 22.9 Å². The van der Waals surface area contributed by atoms with Crippen LogP contribution >= 0.6 is 0 Å². The van der Waals surface area contributed by atoms with E-state index in [4.69, 9.17) is 0 Å². The SMILES string of the molecule is Cn1nc(C(C)(C)C)c2c1NC(=O)C[C@H]2c1ncc[nH]1. The first-order valence-electron chi connectivity index (χ1n) is 6.74. The molecular formula is C14H19N5O. The molecule has 2 N–H and O–H groups in total. The van der Waals surface area contributed by atoms with Gasteiger partial charge in [0, 0.05) is 36.8 Å². The molecule has 0 spiro atoms. The number of anilines is 1. The quantitative estimate of drug-likeness (QED) is 0.833. The van der Waals surface area contributed by atoms with Crippen molar-refractivity contribution >= 4 is 11.7 Å². The Labute approximate surface area is 117 Å². The molecule has 6 nitrogen and oxygen atoms in total. The summed E-state index contributed by atoms with van der Waals surface area (Å²) in [5.41, 5.74) is 2.00. The van der Waals surface area contributed by atoms with E-state index in [1.165, 1.54) is 0 Å². The van der Waals surface area contributed by atoms with E-state index in [-0.39, 0.29) is 17.2 Å². The number of hydrogen-bond acceptors (Lipinski definition) is 3. The van der Waals surface area contributed by atoms with Crippen molar-refractivity contribution in [2.75, 3.05) is 5.32 Å². The molecule has 6 heteroatoms. The summed E-state index contributed by atoms with van der Waals surface area (Å²) in [6, 6.07) is 0. The molecule has 3 heterocycles. The zero-order valence-corrected chi connectivity index (χ0v) is 12.2. The molecule has 20 heavy (non-hydrogen) atoms. The van der Waals surface area contributed by atoms with Gasteiger partial charge >= 0.3 is 0 Å². The third-order valence-corrected chi connectivity index (χ3v) is 3.64. The molecule has 0 unspecified atom stereocenters. The standard InChI is InChI=1S/C14H19N5O/c1-14(2,3)11-10-8(12-15-5-6-16-12)7-9(20)17-13(10)19(4)18-11/h5-6,8H,7H2,1-4H3,(H,15,16)(H,17,20)/t8-/m1/s1. The topological polar surface area (TPSA) is 75.6 Å². The summed E-state index contributed by atoms with van der Waals surface area (Å²) in [4.78, 5) is 19.4. The third kappa shape index (κ3) is 1.92. The summed E-state index contributed by atoms with van der Waals surface area (Å²) in [7, 11) is 1.86. The van der Waals surface area contributed by atoms with Crippen LogP contribution in [0.3, 0.4) is 0 Å². The number of nitrogens with zero attached hydrogens (tertiary/aromatic N) is 3. The van der Waals surface area contributed by atoms with Crippen molar-refractivity contribution in [3.05, 3.63) is 29.5 Å². The summed E-state index contributed by atoms with van der Waals surface area (Å²) in [6.07, 6.45) is 3.90. The number of nitrogens with one attached hydrogen (secondary N) is 2. The van der Waals surface area contributed by atoms with Crippen LogP contribution in [-0.2, 0) is 17.3 Å². The van der Waals surface area contributed by atoms with Gasteiger partial charge in [-0.3, -0.25) is 9.48 Å². The van der Waals surface area contributed by atoms with Crippen LogP contribution in [0, 0.1) is 0 Å². The minimum Gasteiger partial charge on any atom is -0.348 e. The van der Waals surface area contributed by atoms with Crippen molar-refractivity contribution in [1.82, 2.24) is 19.7 Å². The van der Waals surface area contributed by atoms with Crippen molar-refractivity contribution in [3.63, 3.8) is 0 Å². The van der Waals surface area contributed by atoms with Gasteiger partial charge in [0.05, 0.1) is 11.6 Å². The maximum absolute atomic E-state index is 11.9. The predicted octanol–water partition coefficient (Wildman–Crippen LogP) is 1.91. The van der Waals surface area contributed by atoms with Gasteiger partial charge in [-0.2, -0.15) is 5.10 Å². The number of fused-ring (bicyclic) bond motifs is 1. The van der Waals surface area contributed by atoms with Crippen molar-refractivity contribution in [2.24, 2.45) is 7.05 Å². The van der Waals surface area contributed by atoms with E-state index < -0.39 is 0 Å². The number of imidazole rings is 1. The molecule has 0 aromatic carbocycles. The van der Waals surface area contributed by atoms with Gasteiger partial charge in [0.1, 0.15) is 11.6 Å². The second kappa shape index (κ2) is 4.19. The number of amides is 1. The number of carbonyl (C=O) groups excluding carboxylic acids is 1. The van der Waals surface area contributed by atoms with Crippen molar-refractivity contribution in [1.29, 1.82) is 0 Å². The molecular weight excluding hydrogens is 254 g/mol. The third-order valence-electron chi connectivity index (χ3n) is 3.64. The second-order valence-corrected chi connectivity index (χ2v) is 6.26. The van der Waals surface area contributed by atoms with E-state index in [1.54, 1.807) is 17.1 Å². The molecule has 0 aliphatic carbocycles. The van der Waals surface area contributed by atoms with E-state index in [2.05, 4.69) is 41.2 Å². The average Bonchev–Trinajstić information content (AvgIpc) is 2.96. The summed E-state index contributed by atoms with van der Waals surface area (Å²) < 4.78 is 1.75. The highest BCUT2D eigenvalue weighted by Gasteiger charge is 2.37. The molecule has 106 valence electrons. The number of rotatable bonds is 1. The lowest BCUT2D eigenvalue weighted by Crippen LogP contribution is -2.26. The average molecular weight is 273 g/mol. The van der Waals surface area contributed by atoms with Crippen LogP contribution < -0.4 is 5.32 Å². The number of H-pyrrole nitrogens is 1. The van der Waals surface area contributed by atoms with Crippen LogP contribution in [-0.4, -0.2) is 25.7 Å². The van der Waals surface area contributed by atoms with Gasteiger partial charge < -0.3 is 10.3 Å². The van der Waals surface area contributed by atoms with E-state index in [0.29, 0.717) is 6.42 Å². The number of aryl methyl sites for hydroxylation is 1. The molecule has 1 amide bonds. The lowest BCUT2D eigenvalue weighted by Gasteiger charge is -2.25. The first-order valence-corrected chi connectivity index (χ1v) is 6.74.